The van der Waals surface area contributed by atoms with Gasteiger partial charge in [-0.3, -0.25) is 9.59 Å². The molecule has 134 valence electrons. The first-order chi connectivity index (χ1) is 12.0. The maximum atomic E-state index is 12.8. The summed E-state index contributed by atoms with van der Waals surface area (Å²) in [6.45, 7) is 4.35. The highest BCUT2D eigenvalue weighted by Crippen LogP contribution is 2.14. The number of nitrogens with one attached hydrogen (secondary N) is 1. The lowest BCUT2D eigenvalue weighted by Gasteiger charge is -2.22. The lowest BCUT2D eigenvalue weighted by Crippen LogP contribution is -2.38. The zero-order valence-corrected chi connectivity index (χ0v) is 16.0. The molecule has 0 bridgehead atoms. The van der Waals surface area contributed by atoms with Crippen molar-refractivity contribution in [2.24, 2.45) is 0 Å². The predicted molar refractivity (Wildman–Crippen MR) is 99.4 cm³/mol. The van der Waals surface area contributed by atoms with Gasteiger partial charge in [0.2, 0.25) is 5.91 Å². The van der Waals surface area contributed by atoms with Gasteiger partial charge in [0.15, 0.2) is 5.82 Å². The van der Waals surface area contributed by atoms with Crippen molar-refractivity contribution in [2.45, 2.75) is 33.1 Å². The molecule has 25 heavy (non-hydrogen) atoms. The zero-order chi connectivity index (χ0) is 18.2. The highest BCUT2D eigenvalue weighted by atomic mass is 79.9. The largest absolute Gasteiger partial charge is 0.360 e. The second kappa shape index (κ2) is 9.36. The summed E-state index contributed by atoms with van der Waals surface area (Å²) in [5.74, 6) is 0.503. The first-order valence-corrected chi connectivity index (χ1v) is 9.07. The molecule has 0 aliphatic carbocycles. The number of hydrogen-bond acceptors (Lipinski definition) is 4. The summed E-state index contributed by atoms with van der Waals surface area (Å²) >= 11 is 3.37. The van der Waals surface area contributed by atoms with Crippen LogP contribution in [0.2, 0.25) is 0 Å². The lowest BCUT2D eigenvalue weighted by atomic mass is 10.1. The molecule has 0 aliphatic heterocycles. The average Bonchev–Trinajstić information content (AvgIpc) is 2.98. The second-order valence-electron chi connectivity index (χ2n) is 5.82. The predicted octanol–water partition coefficient (Wildman–Crippen LogP) is 4.02. The molecular formula is C18H22BrN3O3. The number of nitrogens with zero attached hydrogens (tertiary/aromatic N) is 2. The second-order valence-corrected chi connectivity index (χ2v) is 6.73. The van der Waals surface area contributed by atoms with E-state index in [1.54, 1.807) is 36.1 Å². The van der Waals surface area contributed by atoms with E-state index in [1.807, 2.05) is 6.07 Å². The summed E-state index contributed by atoms with van der Waals surface area (Å²) in [5.41, 5.74) is 0.552. The topological polar surface area (TPSA) is 75.4 Å². The number of unbranched alkanes of at least 4 members (excludes halogenated alkanes) is 2. The van der Waals surface area contributed by atoms with Crippen molar-refractivity contribution in [1.29, 1.82) is 0 Å². The normalized spacial score (nSPS) is 10.5. The van der Waals surface area contributed by atoms with Gasteiger partial charge in [0.05, 0.1) is 0 Å². The Morgan fingerprint density at radius 2 is 2.08 bits per heavy atom. The maximum Gasteiger partial charge on any atom is 0.254 e. The first-order valence-electron chi connectivity index (χ1n) is 8.27. The van der Waals surface area contributed by atoms with E-state index >= 15 is 0 Å². The van der Waals surface area contributed by atoms with Gasteiger partial charge in [0.25, 0.3) is 5.91 Å². The molecule has 2 rings (SSSR count). The summed E-state index contributed by atoms with van der Waals surface area (Å²) < 4.78 is 5.76. The molecule has 0 unspecified atom stereocenters. The minimum Gasteiger partial charge on any atom is -0.360 e. The molecule has 1 heterocycles. The van der Waals surface area contributed by atoms with E-state index in [1.165, 1.54) is 0 Å². The molecule has 7 heteroatoms. The van der Waals surface area contributed by atoms with Gasteiger partial charge in [-0.15, -0.1) is 0 Å². The number of aryl methyl sites for hydroxylation is 1. The molecule has 0 atom stereocenters. The standard InChI is InChI=1S/C18H22BrN3O3/c1-3-4-5-9-22(18(24)14-7-6-8-15(19)11-14)12-17(23)20-16-10-13(2)25-21-16/h6-8,10-11H,3-5,9,12H2,1-2H3,(H,20,21,23). The molecular weight excluding hydrogens is 386 g/mol. The molecule has 0 aliphatic rings. The molecule has 0 fully saturated rings. The third-order valence-corrected chi connectivity index (χ3v) is 4.11. The van der Waals surface area contributed by atoms with E-state index in [9.17, 15) is 9.59 Å². The van der Waals surface area contributed by atoms with Crippen LogP contribution >= 0.6 is 15.9 Å². The Morgan fingerprint density at radius 3 is 2.72 bits per heavy atom. The van der Waals surface area contributed by atoms with Crippen LogP contribution < -0.4 is 5.32 Å². The van der Waals surface area contributed by atoms with Crippen LogP contribution in [0.4, 0.5) is 5.82 Å². The van der Waals surface area contributed by atoms with Crippen LogP contribution in [0.25, 0.3) is 0 Å². The summed E-state index contributed by atoms with van der Waals surface area (Å²) in [5, 5.41) is 6.39. The highest BCUT2D eigenvalue weighted by molar-refractivity contribution is 9.10. The van der Waals surface area contributed by atoms with Gasteiger partial charge >= 0.3 is 0 Å². The zero-order valence-electron chi connectivity index (χ0n) is 14.4. The fourth-order valence-corrected chi connectivity index (χ4v) is 2.79. The summed E-state index contributed by atoms with van der Waals surface area (Å²) in [6, 6.07) is 8.81. The lowest BCUT2D eigenvalue weighted by molar-refractivity contribution is -0.117. The summed E-state index contributed by atoms with van der Waals surface area (Å²) in [4.78, 5) is 26.6. The van der Waals surface area contributed by atoms with Crippen molar-refractivity contribution in [3.05, 3.63) is 46.1 Å². The van der Waals surface area contributed by atoms with E-state index in [-0.39, 0.29) is 18.4 Å². The first kappa shape index (κ1) is 19.2. The van der Waals surface area contributed by atoms with Crippen LogP contribution in [0.1, 0.15) is 42.3 Å². The quantitative estimate of drug-likeness (QED) is 0.670. The molecule has 1 N–H and O–H groups in total. The van der Waals surface area contributed by atoms with Gasteiger partial charge in [-0.25, -0.2) is 0 Å². The Balaban J connectivity index is 2.06. The van der Waals surface area contributed by atoms with Crippen molar-refractivity contribution in [2.75, 3.05) is 18.4 Å². The molecule has 2 aromatic rings. The monoisotopic (exact) mass is 407 g/mol. The van der Waals surface area contributed by atoms with E-state index < -0.39 is 0 Å². The van der Waals surface area contributed by atoms with Crippen molar-refractivity contribution in [3.63, 3.8) is 0 Å². The maximum absolute atomic E-state index is 12.8. The van der Waals surface area contributed by atoms with Gasteiger partial charge < -0.3 is 14.7 Å². The van der Waals surface area contributed by atoms with E-state index in [0.29, 0.717) is 23.7 Å². The Kier molecular flexibility index (Phi) is 7.18. The van der Waals surface area contributed by atoms with Crippen LogP contribution in [0.3, 0.4) is 0 Å². The van der Waals surface area contributed by atoms with E-state index in [2.05, 4.69) is 33.3 Å². The number of hydrogen-bond donors (Lipinski definition) is 1. The Morgan fingerprint density at radius 1 is 1.28 bits per heavy atom. The van der Waals surface area contributed by atoms with Gasteiger partial charge in [-0.2, -0.15) is 0 Å². The molecule has 0 saturated heterocycles. The average molecular weight is 408 g/mol. The minimum absolute atomic E-state index is 0.0268. The number of rotatable bonds is 8. The number of carbonyl (C=O) groups excluding carboxylic acids is 2. The van der Waals surface area contributed by atoms with Gasteiger partial charge in [-0.05, 0) is 31.5 Å². The summed E-state index contributed by atoms with van der Waals surface area (Å²) in [6.07, 6.45) is 2.91. The number of aromatic nitrogens is 1. The number of anilines is 1. The van der Waals surface area contributed by atoms with Crippen LogP contribution in [0.5, 0.6) is 0 Å². The molecule has 0 radical (unpaired) electrons. The van der Waals surface area contributed by atoms with Crippen LogP contribution in [0, 0.1) is 6.92 Å². The summed E-state index contributed by atoms with van der Waals surface area (Å²) in [7, 11) is 0. The van der Waals surface area contributed by atoms with Crippen LogP contribution in [-0.4, -0.2) is 35.0 Å². The third-order valence-electron chi connectivity index (χ3n) is 3.62. The molecule has 1 aromatic carbocycles. The molecule has 1 aromatic heterocycles. The SMILES string of the molecule is CCCCCN(CC(=O)Nc1cc(C)on1)C(=O)c1cccc(Br)c1. The highest BCUT2D eigenvalue weighted by Gasteiger charge is 2.19. The van der Waals surface area contributed by atoms with Crippen molar-refractivity contribution >= 4 is 33.6 Å². The van der Waals surface area contributed by atoms with E-state index in [4.69, 9.17) is 4.52 Å². The fourth-order valence-electron chi connectivity index (χ4n) is 2.39. The number of amides is 2. The van der Waals surface area contributed by atoms with Crippen molar-refractivity contribution in [1.82, 2.24) is 10.1 Å². The fraction of sp³-hybridized carbons (Fsp3) is 0.389. The number of benzene rings is 1. The minimum atomic E-state index is -0.298. The third kappa shape index (κ3) is 6.01. The Hall–Kier alpha value is -2.15. The molecule has 6 nitrogen and oxygen atoms in total. The van der Waals surface area contributed by atoms with Crippen molar-refractivity contribution in [3.8, 4) is 0 Å². The van der Waals surface area contributed by atoms with Gasteiger partial charge in [0, 0.05) is 22.6 Å². The molecule has 0 saturated carbocycles. The Labute approximate surface area is 155 Å². The van der Waals surface area contributed by atoms with E-state index in [0.717, 1.165) is 23.7 Å². The van der Waals surface area contributed by atoms with Crippen LogP contribution in [-0.2, 0) is 4.79 Å². The van der Waals surface area contributed by atoms with Gasteiger partial charge in [0.1, 0.15) is 12.3 Å². The smallest absolute Gasteiger partial charge is 0.254 e. The molecule has 2 amide bonds. The Bertz CT molecular complexity index is 730. The molecule has 0 spiro atoms. The van der Waals surface area contributed by atoms with Crippen molar-refractivity contribution < 1.29 is 14.1 Å². The number of halogens is 1. The van der Waals surface area contributed by atoms with Gasteiger partial charge in [-0.1, -0.05) is 46.9 Å². The number of carbonyl (C=O) groups is 2. The van der Waals surface area contributed by atoms with Crippen LogP contribution in [0.15, 0.2) is 39.3 Å².